The van der Waals surface area contributed by atoms with Crippen LogP contribution in [0.5, 0.6) is 0 Å². The third-order valence-electron chi connectivity index (χ3n) is 1.83. The average Bonchev–Trinajstić information content (AvgIpc) is 2.67. The zero-order chi connectivity index (χ0) is 9.97. The van der Waals surface area contributed by atoms with Crippen LogP contribution in [-0.2, 0) is 14.3 Å². The third kappa shape index (κ3) is 1.46. The molecular formula is C10H7FO3. The predicted octanol–water partition coefficient (Wildman–Crippen LogP) is 1.91. The maximum absolute atomic E-state index is 13.2. The number of carbonyl (C=O) groups is 1. The van der Waals surface area contributed by atoms with Gasteiger partial charge in [0.25, 0.3) is 6.29 Å². The molecule has 1 atom stereocenters. The highest BCUT2D eigenvalue weighted by molar-refractivity contribution is 5.70. The summed E-state index contributed by atoms with van der Waals surface area (Å²) in [7, 11) is 0. The van der Waals surface area contributed by atoms with Crippen molar-refractivity contribution in [1.29, 1.82) is 0 Å². The van der Waals surface area contributed by atoms with Crippen LogP contribution in [0.15, 0.2) is 36.3 Å². The Hall–Kier alpha value is -1.84. The summed E-state index contributed by atoms with van der Waals surface area (Å²) >= 11 is 0. The second kappa shape index (κ2) is 3.49. The molecule has 3 nitrogen and oxygen atoms in total. The Bertz CT molecular complexity index is 387. The molecule has 1 unspecified atom stereocenters. The molecule has 0 N–H and O–H groups in total. The Morgan fingerprint density at radius 1 is 1.36 bits per heavy atom. The first-order valence-electron chi connectivity index (χ1n) is 4.03. The van der Waals surface area contributed by atoms with Crippen LogP contribution in [0.2, 0.25) is 0 Å². The van der Waals surface area contributed by atoms with E-state index in [9.17, 15) is 9.18 Å². The van der Waals surface area contributed by atoms with Crippen LogP contribution in [-0.4, -0.2) is 6.29 Å². The molecule has 2 rings (SSSR count). The molecule has 72 valence electrons. The number of allylic oxidation sites excluding steroid dienone is 1. The summed E-state index contributed by atoms with van der Waals surface area (Å²) in [4.78, 5) is 10.3. The van der Waals surface area contributed by atoms with Crippen LogP contribution in [0.4, 0.5) is 4.39 Å². The van der Waals surface area contributed by atoms with Crippen molar-refractivity contribution in [2.45, 2.75) is 6.29 Å². The third-order valence-corrected chi connectivity index (χ3v) is 1.83. The van der Waals surface area contributed by atoms with Crippen molar-refractivity contribution >= 4 is 6.29 Å². The standard InChI is InChI=1S/C10H7FO3/c11-9-4-2-1-3-8(9)10-13-6-7(5-12)14-10/h1-6,10H. The van der Waals surface area contributed by atoms with Crippen molar-refractivity contribution in [1.82, 2.24) is 0 Å². The molecule has 0 fully saturated rings. The molecule has 0 aromatic heterocycles. The van der Waals surface area contributed by atoms with Crippen molar-refractivity contribution in [3.63, 3.8) is 0 Å². The summed E-state index contributed by atoms with van der Waals surface area (Å²) in [6.45, 7) is 0. The number of halogens is 1. The molecular weight excluding hydrogens is 187 g/mol. The monoisotopic (exact) mass is 194 g/mol. The Kier molecular flexibility index (Phi) is 2.18. The molecule has 0 spiro atoms. The molecule has 0 bridgehead atoms. The first-order chi connectivity index (χ1) is 6.81. The molecule has 1 aromatic rings. The molecule has 0 aliphatic carbocycles. The average molecular weight is 194 g/mol. The van der Waals surface area contributed by atoms with Gasteiger partial charge in [-0.15, -0.1) is 0 Å². The van der Waals surface area contributed by atoms with Gasteiger partial charge in [-0.25, -0.2) is 4.39 Å². The van der Waals surface area contributed by atoms with E-state index in [0.29, 0.717) is 6.29 Å². The minimum absolute atomic E-state index is 0.0678. The maximum Gasteiger partial charge on any atom is 0.270 e. The molecule has 1 aliphatic heterocycles. The zero-order valence-electron chi connectivity index (χ0n) is 7.14. The summed E-state index contributed by atoms with van der Waals surface area (Å²) in [6.07, 6.45) is 0.835. The lowest BCUT2D eigenvalue weighted by atomic mass is 10.2. The Morgan fingerprint density at radius 3 is 2.79 bits per heavy atom. The van der Waals surface area contributed by atoms with Crippen LogP contribution in [0.3, 0.4) is 0 Å². The first kappa shape index (κ1) is 8.74. The van der Waals surface area contributed by atoms with Gasteiger partial charge in [0.05, 0.1) is 5.56 Å². The van der Waals surface area contributed by atoms with E-state index in [1.165, 1.54) is 12.3 Å². The number of hydrogen-bond acceptors (Lipinski definition) is 3. The van der Waals surface area contributed by atoms with Crippen molar-refractivity contribution < 1.29 is 18.7 Å². The topological polar surface area (TPSA) is 35.5 Å². The van der Waals surface area contributed by atoms with Gasteiger partial charge in [-0.05, 0) is 12.1 Å². The first-order valence-corrected chi connectivity index (χ1v) is 4.03. The number of ether oxygens (including phenoxy) is 2. The van der Waals surface area contributed by atoms with E-state index in [0.717, 1.165) is 0 Å². The normalized spacial score (nSPS) is 19.5. The quantitative estimate of drug-likeness (QED) is 0.674. The van der Waals surface area contributed by atoms with E-state index in [-0.39, 0.29) is 11.3 Å². The summed E-state index contributed by atoms with van der Waals surface area (Å²) in [6, 6.07) is 6.09. The summed E-state index contributed by atoms with van der Waals surface area (Å²) in [5, 5.41) is 0. The van der Waals surface area contributed by atoms with Gasteiger partial charge < -0.3 is 9.47 Å². The van der Waals surface area contributed by atoms with E-state index in [1.54, 1.807) is 18.2 Å². The minimum Gasteiger partial charge on any atom is -0.454 e. The fraction of sp³-hybridized carbons (Fsp3) is 0.100. The largest absolute Gasteiger partial charge is 0.454 e. The van der Waals surface area contributed by atoms with Gasteiger partial charge in [-0.3, -0.25) is 4.79 Å². The lowest BCUT2D eigenvalue weighted by molar-refractivity contribution is -0.110. The molecule has 0 saturated carbocycles. The van der Waals surface area contributed by atoms with Gasteiger partial charge in [0.15, 0.2) is 12.0 Å². The van der Waals surface area contributed by atoms with Crippen molar-refractivity contribution in [3.05, 3.63) is 47.7 Å². The number of hydrogen-bond donors (Lipinski definition) is 0. The van der Waals surface area contributed by atoms with Crippen LogP contribution in [0.25, 0.3) is 0 Å². The van der Waals surface area contributed by atoms with E-state index in [2.05, 4.69) is 0 Å². The van der Waals surface area contributed by atoms with Gasteiger partial charge in [0.1, 0.15) is 12.1 Å². The molecule has 0 amide bonds. The number of aldehydes is 1. The molecule has 0 radical (unpaired) electrons. The van der Waals surface area contributed by atoms with Gasteiger partial charge in [0, 0.05) is 0 Å². The second-order valence-corrected chi connectivity index (χ2v) is 2.75. The number of benzene rings is 1. The van der Waals surface area contributed by atoms with Crippen LogP contribution < -0.4 is 0 Å². The maximum atomic E-state index is 13.2. The smallest absolute Gasteiger partial charge is 0.270 e. The van der Waals surface area contributed by atoms with Gasteiger partial charge in [-0.2, -0.15) is 0 Å². The number of rotatable bonds is 2. The molecule has 1 aliphatic rings. The lowest BCUT2D eigenvalue weighted by Crippen LogP contribution is -2.02. The van der Waals surface area contributed by atoms with Crippen LogP contribution >= 0.6 is 0 Å². The van der Waals surface area contributed by atoms with Gasteiger partial charge in [-0.1, -0.05) is 12.1 Å². The highest BCUT2D eigenvalue weighted by atomic mass is 19.1. The van der Waals surface area contributed by atoms with Crippen LogP contribution in [0, 0.1) is 5.82 Å². The second-order valence-electron chi connectivity index (χ2n) is 2.75. The van der Waals surface area contributed by atoms with Crippen molar-refractivity contribution in [3.8, 4) is 0 Å². The highest BCUT2D eigenvalue weighted by Gasteiger charge is 2.23. The molecule has 1 aromatic carbocycles. The van der Waals surface area contributed by atoms with E-state index in [1.807, 2.05) is 0 Å². The molecule has 14 heavy (non-hydrogen) atoms. The fourth-order valence-electron chi connectivity index (χ4n) is 1.17. The SMILES string of the molecule is O=CC1=COC(c2ccccc2F)O1. The zero-order valence-corrected chi connectivity index (χ0v) is 7.14. The van der Waals surface area contributed by atoms with E-state index < -0.39 is 12.1 Å². The highest BCUT2D eigenvalue weighted by Crippen LogP contribution is 2.28. The van der Waals surface area contributed by atoms with E-state index >= 15 is 0 Å². The van der Waals surface area contributed by atoms with Crippen molar-refractivity contribution in [2.24, 2.45) is 0 Å². The molecule has 1 heterocycles. The Labute approximate surface area is 79.7 Å². The Balaban J connectivity index is 2.20. The van der Waals surface area contributed by atoms with Gasteiger partial charge >= 0.3 is 0 Å². The molecule has 4 heteroatoms. The lowest BCUT2D eigenvalue weighted by Gasteiger charge is -2.11. The Morgan fingerprint density at radius 2 is 2.14 bits per heavy atom. The van der Waals surface area contributed by atoms with Crippen molar-refractivity contribution in [2.75, 3.05) is 0 Å². The fourth-order valence-corrected chi connectivity index (χ4v) is 1.17. The minimum atomic E-state index is -0.851. The molecule has 0 saturated heterocycles. The van der Waals surface area contributed by atoms with Gasteiger partial charge in [0.2, 0.25) is 0 Å². The number of carbonyl (C=O) groups excluding carboxylic acids is 1. The van der Waals surface area contributed by atoms with E-state index in [4.69, 9.17) is 9.47 Å². The van der Waals surface area contributed by atoms with Crippen LogP contribution in [0.1, 0.15) is 11.9 Å². The summed E-state index contributed by atoms with van der Waals surface area (Å²) in [5.41, 5.74) is 0.278. The predicted molar refractivity (Wildman–Crippen MR) is 45.5 cm³/mol. The summed E-state index contributed by atoms with van der Waals surface area (Å²) < 4.78 is 23.2. The summed E-state index contributed by atoms with van der Waals surface area (Å²) in [5.74, 6) is -0.351.